The van der Waals surface area contributed by atoms with Gasteiger partial charge in [-0.3, -0.25) is 9.59 Å². The van der Waals surface area contributed by atoms with E-state index in [-0.39, 0.29) is 16.9 Å². The van der Waals surface area contributed by atoms with Crippen molar-refractivity contribution in [1.82, 2.24) is 0 Å². The molecule has 2 N–H and O–H groups in total. The summed E-state index contributed by atoms with van der Waals surface area (Å²) in [4.78, 5) is 22.9. The van der Waals surface area contributed by atoms with Crippen molar-refractivity contribution in [1.29, 1.82) is 0 Å². The molecule has 7 heteroatoms. The van der Waals surface area contributed by atoms with E-state index < -0.39 is 29.3 Å². The van der Waals surface area contributed by atoms with E-state index in [1.807, 2.05) is 0 Å². The van der Waals surface area contributed by atoms with Crippen LogP contribution in [0.2, 0.25) is 0 Å². The Kier molecular flexibility index (Phi) is 4.45. The number of carbonyl (C=O) groups is 2. The van der Waals surface area contributed by atoms with E-state index in [1.54, 1.807) is 0 Å². The number of halogens is 3. The fraction of sp³-hybridized carbons (Fsp3) is 0.0667. The van der Waals surface area contributed by atoms with Crippen LogP contribution in [0, 0.1) is 17.5 Å². The van der Waals surface area contributed by atoms with Crippen LogP contribution in [0.25, 0.3) is 0 Å². The molecule has 4 nitrogen and oxygen atoms in total. The maximum Gasteiger partial charge on any atom is 0.255 e. The molecule has 0 saturated heterocycles. The van der Waals surface area contributed by atoms with Gasteiger partial charge in [0, 0.05) is 18.2 Å². The monoisotopic (exact) mass is 308 g/mol. The highest BCUT2D eigenvalue weighted by Crippen LogP contribution is 2.20. The van der Waals surface area contributed by atoms with Gasteiger partial charge in [0.05, 0.1) is 5.69 Å². The number of amides is 2. The largest absolute Gasteiger partial charge is 0.324 e. The van der Waals surface area contributed by atoms with Gasteiger partial charge in [0.2, 0.25) is 5.91 Å². The second-order valence-electron chi connectivity index (χ2n) is 4.46. The molecule has 0 aliphatic heterocycles. The van der Waals surface area contributed by atoms with Crippen LogP contribution in [-0.4, -0.2) is 11.8 Å². The molecule has 0 bridgehead atoms. The molecule has 0 spiro atoms. The standard InChI is InChI=1S/C15H11F3N2O2/c1-8(21)19-14-7-10(3-5-12(14)17)20-15(22)9-2-4-11(16)13(18)6-9/h2-7H,1H3,(H,19,21)(H,20,22). The molecule has 0 aromatic heterocycles. The zero-order valence-corrected chi connectivity index (χ0v) is 11.4. The van der Waals surface area contributed by atoms with Crippen LogP contribution in [-0.2, 0) is 4.79 Å². The Morgan fingerprint density at radius 3 is 2.18 bits per heavy atom. The van der Waals surface area contributed by atoms with Crippen LogP contribution < -0.4 is 10.6 Å². The minimum absolute atomic E-state index is 0.0932. The lowest BCUT2D eigenvalue weighted by Gasteiger charge is -2.09. The van der Waals surface area contributed by atoms with Gasteiger partial charge in [0.15, 0.2) is 11.6 Å². The van der Waals surface area contributed by atoms with Crippen LogP contribution in [0.4, 0.5) is 24.5 Å². The molecule has 0 aliphatic carbocycles. The summed E-state index contributed by atoms with van der Waals surface area (Å²) in [5, 5.41) is 4.67. The summed E-state index contributed by atoms with van der Waals surface area (Å²) >= 11 is 0. The normalized spacial score (nSPS) is 10.2. The predicted octanol–water partition coefficient (Wildman–Crippen LogP) is 3.31. The molecule has 22 heavy (non-hydrogen) atoms. The number of rotatable bonds is 3. The first-order valence-corrected chi connectivity index (χ1v) is 6.20. The topological polar surface area (TPSA) is 58.2 Å². The van der Waals surface area contributed by atoms with Gasteiger partial charge >= 0.3 is 0 Å². The molecular formula is C15H11F3N2O2. The van der Waals surface area contributed by atoms with E-state index in [9.17, 15) is 22.8 Å². The summed E-state index contributed by atoms with van der Waals surface area (Å²) in [6, 6.07) is 6.26. The second kappa shape index (κ2) is 6.30. The third-order valence-electron chi connectivity index (χ3n) is 2.72. The zero-order valence-electron chi connectivity index (χ0n) is 11.4. The molecule has 2 rings (SSSR count). The van der Waals surface area contributed by atoms with Crippen molar-refractivity contribution in [2.45, 2.75) is 6.92 Å². The number of nitrogens with one attached hydrogen (secondary N) is 2. The fourth-order valence-corrected chi connectivity index (χ4v) is 1.73. The van der Waals surface area contributed by atoms with Gasteiger partial charge in [-0.15, -0.1) is 0 Å². The summed E-state index contributed by atoms with van der Waals surface area (Å²) in [6.45, 7) is 1.21. The lowest BCUT2D eigenvalue weighted by atomic mass is 10.2. The van der Waals surface area contributed by atoms with E-state index >= 15 is 0 Å². The highest BCUT2D eigenvalue weighted by Gasteiger charge is 2.11. The van der Waals surface area contributed by atoms with Gasteiger partial charge in [-0.1, -0.05) is 0 Å². The third-order valence-corrected chi connectivity index (χ3v) is 2.72. The molecule has 0 unspecified atom stereocenters. The van der Waals surface area contributed by atoms with Crippen molar-refractivity contribution in [2.75, 3.05) is 10.6 Å². The first-order valence-electron chi connectivity index (χ1n) is 6.20. The number of benzene rings is 2. The molecule has 0 atom stereocenters. The van der Waals surface area contributed by atoms with Gasteiger partial charge in [0.1, 0.15) is 5.82 Å². The van der Waals surface area contributed by atoms with E-state index in [4.69, 9.17) is 0 Å². The molecule has 0 heterocycles. The molecule has 0 aliphatic rings. The average molecular weight is 308 g/mol. The Hall–Kier alpha value is -2.83. The Balaban J connectivity index is 2.21. The number of hydrogen-bond acceptors (Lipinski definition) is 2. The second-order valence-corrected chi connectivity index (χ2v) is 4.46. The SMILES string of the molecule is CC(=O)Nc1cc(NC(=O)c2ccc(F)c(F)c2)ccc1F. The maximum absolute atomic E-state index is 13.5. The van der Waals surface area contributed by atoms with Crippen LogP contribution in [0.5, 0.6) is 0 Å². The molecule has 2 amide bonds. The highest BCUT2D eigenvalue weighted by atomic mass is 19.2. The van der Waals surface area contributed by atoms with Crippen LogP contribution in [0.3, 0.4) is 0 Å². The van der Waals surface area contributed by atoms with E-state index in [0.717, 1.165) is 24.3 Å². The van der Waals surface area contributed by atoms with Crippen molar-refractivity contribution in [3.8, 4) is 0 Å². The van der Waals surface area contributed by atoms with Gasteiger partial charge in [-0.25, -0.2) is 13.2 Å². The summed E-state index contributed by atoms with van der Waals surface area (Å²) in [7, 11) is 0. The minimum Gasteiger partial charge on any atom is -0.324 e. The molecule has 0 radical (unpaired) electrons. The molecular weight excluding hydrogens is 297 g/mol. The zero-order chi connectivity index (χ0) is 16.3. The van der Waals surface area contributed by atoms with E-state index in [0.29, 0.717) is 0 Å². The van der Waals surface area contributed by atoms with Gasteiger partial charge in [0.25, 0.3) is 5.91 Å². The number of carbonyl (C=O) groups excluding carboxylic acids is 2. The van der Waals surface area contributed by atoms with E-state index in [2.05, 4.69) is 10.6 Å². The van der Waals surface area contributed by atoms with Crippen molar-refractivity contribution in [3.05, 3.63) is 59.4 Å². The van der Waals surface area contributed by atoms with Crippen LogP contribution >= 0.6 is 0 Å². The Morgan fingerprint density at radius 2 is 1.55 bits per heavy atom. The maximum atomic E-state index is 13.5. The Labute approximate surface area is 124 Å². The van der Waals surface area contributed by atoms with Crippen molar-refractivity contribution in [3.63, 3.8) is 0 Å². The average Bonchev–Trinajstić information content (AvgIpc) is 2.45. The van der Waals surface area contributed by atoms with Crippen molar-refractivity contribution >= 4 is 23.2 Å². The minimum atomic E-state index is -1.15. The predicted molar refractivity (Wildman–Crippen MR) is 75.0 cm³/mol. The quantitative estimate of drug-likeness (QED) is 0.914. The van der Waals surface area contributed by atoms with Crippen LogP contribution in [0.1, 0.15) is 17.3 Å². The molecule has 0 fully saturated rings. The Bertz CT molecular complexity index is 748. The van der Waals surface area contributed by atoms with Crippen molar-refractivity contribution in [2.24, 2.45) is 0 Å². The fourth-order valence-electron chi connectivity index (χ4n) is 1.73. The summed E-state index contributed by atoms with van der Waals surface area (Å²) < 4.78 is 39.4. The Morgan fingerprint density at radius 1 is 0.864 bits per heavy atom. The molecule has 0 saturated carbocycles. The van der Waals surface area contributed by atoms with Gasteiger partial charge < -0.3 is 10.6 Å². The van der Waals surface area contributed by atoms with Crippen molar-refractivity contribution < 1.29 is 22.8 Å². The third kappa shape index (κ3) is 3.63. The molecule has 2 aromatic carbocycles. The lowest BCUT2D eigenvalue weighted by molar-refractivity contribution is -0.114. The van der Waals surface area contributed by atoms with Crippen LogP contribution in [0.15, 0.2) is 36.4 Å². The summed E-state index contributed by atoms with van der Waals surface area (Å²) in [5.41, 5.74) is -0.000211. The first kappa shape index (κ1) is 15.6. The highest BCUT2D eigenvalue weighted by molar-refractivity contribution is 6.04. The van der Waals surface area contributed by atoms with Gasteiger partial charge in [-0.2, -0.15) is 0 Å². The number of anilines is 2. The first-order chi connectivity index (χ1) is 10.4. The molecule has 114 valence electrons. The van der Waals surface area contributed by atoms with Gasteiger partial charge in [-0.05, 0) is 36.4 Å². The smallest absolute Gasteiger partial charge is 0.255 e. The number of hydrogen-bond donors (Lipinski definition) is 2. The summed E-state index contributed by atoms with van der Waals surface area (Å²) in [6.07, 6.45) is 0. The van der Waals surface area contributed by atoms with E-state index in [1.165, 1.54) is 19.1 Å². The lowest BCUT2D eigenvalue weighted by Crippen LogP contribution is -2.13. The molecule has 2 aromatic rings. The summed E-state index contributed by atoms with van der Waals surface area (Å²) in [5.74, 6) is -4.04.